The molecule has 11 heteroatoms. The van der Waals surface area contributed by atoms with Crippen molar-refractivity contribution in [1.29, 1.82) is 0 Å². The van der Waals surface area contributed by atoms with Crippen LogP contribution in [0.4, 0.5) is 17.5 Å². The summed E-state index contributed by atoms with van der Waals surface area (Å²) in [6.07, 6.45) is 7.13. The SMILES string of the molecule is CC(C)S(=O)(=O)CCN1CCCC1CNc1nc(Nc2cnn(C)c2)ncc1Cl. The molecule has 1 atom stereocenters. The highest BCUT2D eigenvalue weighted by Gasteiger charge is 2.27. The normalized spacial score (nSPS) is 17.8. The molecule has 9 nitrogen and oxygen atoms in total. The Hall–Kier alpha value is -1.91. The topological polar surface area (TPSA) is 105 Å². The Labute approximate surface area is 176 Å². The number of hydrogen-bond donors (Lipinski definition) is 2. The van der Waals surface area contributed by atoms with E-state index in [2.05, 4.69) is 30.6 Å². The number of sulfone groups is 1. The maximum absolute atomic E-state index is 12.1. The number of rotatable bonds is 9. The van der Waals surface area contributed by atoms with Crippen LogP contribution in [0, 0.1) is 0 Å². The fourth-order valence-corrected chi connectivity index (χ4v) is 4.40. The molecule has 2 aromatic heterocycles. The minimum atomic E-state index is -3.04. The van der Waals surface area contributed by atoms with Gasteiger partial charge in [-0.15, -0.1) is 0 Å². The number of nitrogens with zero attached hydrogens (tertiary/aromatic N) is 5. The number of aryl methyl sites for hydroxylation is 1. The Morgan fingerprint density at radius 2 is 2.14 bits per heavy atom. The Kier molecular flexibility index (Phi) is 6.97. The molecule has 0 saturated carbocycles. The van der Waals surface area contributed by atoms with Crippen molar-refractivity contribution in [1.82, 2.24) is 24.6 Å². The molecule has 2 N–H and O–H groups in total. The predicted octanol–water partition coefficient (Wildman–Crippen LogP) is 2.31. The Morgan fingerprint density at radius 1 is 1.34 bits per heavy atom. The summed E-state index contributed by atoms with van der Waals surface area (Å²) in [6.45, 7) is 5.56. The molecule has 0 aliphatic carbocycles. The summed E-state index contributed by atoms with van der Waals surface area (Å²) >= 11 is 6.26. The maximum Gasteiger partial charge on any atom is 0.229 e. The van der Waals surface area contributed by atoms with Gasteiger partial charge >= 0.3 is 0 Å². The highest BCUT2D eigenvalue weighted by molar-refractivity contribution is 7.92. The van der Waals surface area contributed by atoms with Gasteiger partial charge in [0.1, 0.15) is 5.02 Å². The van der Waals surface area contributed by atoms with Crippen molar-refractivity contribution in [2.45, 2.75) is 38.0 Å². The van der Waals surface area contributed by atoms with Crippen LogP contribution in [0.25, 0.3) is 0 Å². The zero-order valence-corrected chi connectivity index (χ0v) is 18.5. The molecule has 1 fully saturated rings. The number of nitrogens with one attached hydrogen (secondary N) is 2. The lowest BCUT2D eigenvalue weighted by Gasteiger charge is -2.25. The van der Waals surface area contributed by atoms with Gasteiger partial charge in [-0.3, -0.25) is 9.58 Å². The standard InChI is InChI=1S/C18H28ClN7O2S/c1-13(2)29(27,28)8-7-26-6-4-5-15(26)10-20-17-16(19)11-21-18(24-17)23-14-9-22-25(3)12-14/h9,11-13,15H,4-8,10H2,1-3H3,(H2,20,21,23,24). The fourth-order valence-electron chi connectivity index (χ4n) is 3.28. The first-order chi connectivity index (χ1) is 13.7. The summed E-state index contributed by atoms with van der Waals surface area (Å²) in [4.78, 5) is 10.9. The van der Waals surface area contributed by atoms with Gasteiger partial charge < -0.3 is 10.6 Å². The molecule has 1 aliphatic rings. The predicted molar refractivity (Wildman–Crippen MR) is 116 cm³/mol. The molecular formula is C18H28ClN7O2S. The summed E-state index contributed by atoms with van der Waals surface area (Å²) in [5.41, 5.74) is 0.786. The van der Waals surface area contributed by atoms with E-state index >= 15 is 0 Å². The van der Waals surface area contributed by atoms with E-state index in [1.807, 2.05) is 13.2 Å². The molecule has 0 aromatic carbocycles. The first-order valence-electron chi connectivity index (χ1n) is 9.72. The first-order valence-corrected chi connectivity index (χ1v) is 11.8. The lowest BCUT2D eigenvalue weighted by molar-refractivity contribution is 0.277. The van der Waals surface area contributed by atoms with Crippen molar-refractivity contribution >= 4 is 38.9 Å². The lowest BCUT2D eigenvalue weighted by Crippen LogP contribution is -2.39. The van der Waals surface area contributed by atoms with Crippen LogP contribution in [0.1, 0.15) is 26.7 Å². The van der Waals surface area contributed by atoms with E-state index in [9.17, 15) is 8.42 Å². The maximum atomic E-state index is 12.1. The van der Waals surface area contributed by atoms with E-state index in [0.717, 1.165) is 25.1 Å². The number of aromatic nitrogens is 4. The molecule has 0 spiro atoms. The molecule has 0 bridgehead atoms. The van der Waals surface area contributed by atoms with Gasteiger partial charge in [-0.1, -0.05) is 11.6 Å². The summed E-state index contributed by atoms with van der Waals surface area (Å²) < 4.78 is 25.9. The van der Waals surface area contributed by atoms with Crippen LogP contribution >= 0.6 is 11.6 Å². The molecule has 160 valence electrons. The van der Waals surface area contributed by atoms with E-state index < -0.39 is 9.84 Å². The average Bonchev–Trinajstić information content (AvgIpc) is 3.29. The van der Waals surface area contributed by atoms with Crippen molar-refractivity contribution in [3.8, 4) is 0 Å². The zero-order valence-electron chi connectivity index (χ0n) is 17.0. The Balaban J connectivity index is 1.59. The van der Waals surface area contributed by atoms with Gasteiger partial charge in [0.05, 0.1) is 29.1 Å². The van der Waals surface area contributed by atoms with Crippen molar-refractivity contribution in [2.75, 3.05) is 36.0 Å². The van der Waals surface area contributed by atoms with Gasteiger partial charge in [0.2, 0.25) is 5.95 Å². The van der Waals surface area contributed by atoms with Crippen LogP contribution in [-0.4, -0.2) is 69.7 Å². The average molecular weight is 442 g/mol. The number of anilines is 3. The Morgan fingerprint density at radius 3 is 2.83 bits per heavy atom. The van der Waals surface area contributed by atoms with Gasteiger partial charge in [0.25, 0.3) is 0 Å². The van der Waals surface area contributed by atoms with E-state index in [1.54, 1.807) is 30.9 Å². The molecule has 29 heavy (non-hydrogen) atoms. The summed E-state index contributed by atoms with van der Waals surface area (Å²) in [6, 6.07) is 0.248. The molecule has 1 saturated heterocycles. The molecule has 2 aromatic rings. The van der Waals surface area contributed by atoms with Crippen molar-refractivity contribution in [3.63, 3.8) is 0 Å². The second-order valence-corrected chi connectivity index (χ2v) is 10.6. The van der Waals surface area contributed by atoms with Crippen molar-refractivity contribution in [3.05, 3.63) is 23.6 Å². The molecule has 0 amide bonds. The van der Waals surface area contributed by atoms with Crippen LogP contribution in [0.15, 0.2) is 18.6 Å². The Bertz CT molecular complexity index is 932. The number of likely N-dealkylation sites (tertiary alicyclic amines) is 1. The van der Waals surface area contributed by atoms with Gasteiger partial charge in [-0.05, 0) is 33.2 Å². The number of hydrogen-bond acceptors (Lipinski definition) is 8. The van der Waals surface area contributed by atoms with E-state index in [-0.39, 0.29) is 17.0 Å². The third-order valence-electron chi connectivity index (χ3n) is 5.09. The van der Waals surface area contributed by atoms with Gasteiger partial charge in [-0.25, -0.2) is 13.4 Å². The molecular weight excluding hydrogens is 414 g/mol. The zero-order chi connectivity index (χ0) is 21.0. The number of halogens is 1. The van der Waals surface area contributed by atoms with Crippen LogP contribution in [-0.2, 0) is 16.9 Å². The lowest BCUT2D eigenvalue weighted by atomic mass is 10.2. The minimum absolute atomic E-state index is 0.189. The van der Waals surface area contributed by atoms with Crippen LogP contribution in [0.2, 0.25) is 5.02 Å². The van der Waals surface area contributed by atoms with E-state index in [1.165, 1.54) is 0 Å². The highest BCUT2D eigenvalue weighted by atomic mass is 35.5. The second kappa shape index (κ2) is 9.27. The second-order valence-electron chi connectivity index (χ2n) is 7.55. The van der Waals surface area contributed by atoms with Crippen molar-refractivity contribution in [2.24, 2.45) is 7.05 Å². The van der Waals surface area contributed by atoms with E-state index in [4.69, 9.17) is 11.6 Å². The van der Waals surface area contributed by atoms with Crippen LogP contribution in [0.3, 0.4) is 0 Å². The van der Waals surface area contributed by atoms with Crippen LogP contribution < -0.4 is 10.6 Å². The van der Waals surface area contributed by atoms with Gasteiger partial charge in [0.15, 0.2) is 15.7 Å². The molecule has 0 radical (unpaired) electrons. The highest BCUT2D eigenvalue weighted by Crippen LogP contribution is 2.23. The molecule has 3 heterocycles. The van der Waals surface area contributed by atoms with E-state index in [0.29, 0.717) is 29.9 Å². The summed E-state index contributed by atoms with van der Waals surface area (Å²) in [5, 5.41) is 10.6. The third kappa shape index (κ3) is 5.80. The summed E-state index contributed by atoms with van der Waals surface area (Å²) in [5.74, 6) is 1.17. The van der Waals surface area contributed by atoms with Gasteiger partial charge in [-0.2, -0.15) is 10.1 Å². The quantitative estimate of drug-likeness (QED) is 0.610. The molecule has 1 unspecified atom stereocenters. The summed E-state index contributed by atoms with van der Waals surface area (Å²) in [7, 11) is -1.20. The van der Waals surface area contributed by atoms with Crippen molar-refractivity contribution < 1.29 is 8.42 Å². The first kappa shape index (κ1) is 21.8. The molecule has 1 aliphatic heterocycles. The van der Waals surface area contributed by atoms with Crippen LogP contribution in [0.5, 0.6) is 0 Å². The molecule has 3 rings (SSSR count). The smallest absolute Gasteiger partial charge is 0.229 e. The minimum Gasteiger partial charge on any atom is -0.367 e. The fraction of sp³-hybridized carbons (Fsp3) is 0.611. The largest absolute Gasteiger partial charge is 0.367 e. The van der Waals surface area contributed by atoms with Gasteiger partial charge in [0, 0.05) is 32.4 Å². The third-order valence-corrected chi connectivity index (χ3v) is 7.56. The monoisotopic (exact) mass is 441 g/mol.